The lowest BCUT2D eigenvalue weighted by atomic mass is 10.0. The second kappa shape index (κ2) is 3.87. The second-order valence-electron chi connectivity index (χ2n) is 3.73. The predicted octanol–water partition coefficient (Wildman–Crippen LogP) is 3.31. The van der Waals surface area contributed by atoms with Gasteiger partial charge in [-0.25, -0.2) is 0 Å². The lowest BCUT2D eigenvalue weighted by molar-refractivity contribution is 0.112. The number of fused-ring (bicyclic) bond motifs is 1. The summed E-state index contributed by atoms with van der Waals surface area (Å²) in [5, 5.41) is 4.90. The summed E-state index contributed by atoms with van der Waals surface area (Å²) >= 11 is 0. The van der Waals surface area contributed by atoms with Crippen molar-refractivity contribution < 1.29 is 9.32 Å². The van der Waals surface area contributed by atoms with Crippen LogP contribution in [-0.4, -0.2) is 11.4 Å². The maximum Gasteiger partial charge on any atom is 0.175 e. The maximum absolute atomic E-state index is 11.0. The molecule has 0 spiro atoms. The molecule has 0 atom stereocenters. The molecular weight excluding hydrogens is 214 g/mol. The first kappa shape index (κ1) is 9.78. The number of aromatic nitrogens is 1. The summed E-state index contributed by atoms with van der Waals surface area (Å²) in [6, 6.07) is 15.0. The summed E-state index contributed by atoms with van der Waals surface area (Å²) in [5.74, 6) is 0.642. The molecule has 0 unspecified atom stereocenters. The first-order chi connectivity index (χ1) is 8.40. The van der Waals surface area contributed by atoms with Gasteiger partial charge in [0.15, 0.2) is 12.0 Å². The zero-order chi connectivity index (χ0) is 11.7. The fourth-order valence-corrected chi connectivity index (χ4v) is 1.89. The van der Waals surface area contributed by atoms with Gasteiger partial charge in [0.2, 0.25) is 0 Å². The molecule has 3 heteroatoms. The first-order valence-corrected chi connectivity index (χ1v) is 5.29. The van der Waals surface area contributed by atoms with E-state index in [-0.39, 0.29) is 0 Å². The van der Waals surface area contributed by atoms with Crippen molar-refractivity contribution in [3.63, 3.8) is 0 Å². The highest BCUT2D eigenvalue weighted by atomic mass is 16.5. The van der Waals surface area contributed by atoms with Gasteiger partial charge in [0.05, 0.1) is 0 Å². The molecule has 0 radical (unpaired) electrons. The molecule has 2 aromatic carbocycles. The standard InChI is InChI=1S/C14H9NO2/c16-9-10-5-1-2-6-11(10)14-12-7-3-4-8-13(12)15-17-14/h1-9H. The Bertz CT molecular complexity index is 685. The van der Waals surface area contributed by atoms with Gasteiger partial charge in [-0.15, -0.1) is 0 Å². The van der Waals surface area contributed by atoms with Crippen molar-refractivity contribution in [3.8, 4) is 11.3 Å². The lowest BCUT2D eigenvalue weighted by Gasteiger charge is -1.99. The fourth-order valence-electron chi connectivity index (χ4n) is 1.89. The smallest absolute Gasteiger partial charge is 0.175 e. The van der Waals surface area contributed by atoms with Crippen LogP contribution in [0.5, 0.6) is 0 Å². The summed E-state index contributed by atoms with van der Waals surface area (Å²) in [5.41, 5.74) is 2.17. The van der Waals surface area contributed by atoms with Crippen LogP contribution in [0.2, 0.25) is 0 Å². The molecule has 0 saturated carbocycles. The Hall–Kier alpha value is -2.42. The van der Waals surface area contributed by atoms with E-state index in [0.717, 1.165) is 22.8 Å². The monoisotopic (exact) mass is 223 g/mol. The molecular formula is C14H9NO2. The van der Waals surface area contributed by atoms with E-state index in [4.69, 9.17) is 4.52 Å². The lowest BCUT2D eigenvalue weighted by Crippen LogP contribution is -1.85. The number of nitrogens with zero attached hydrogens (tertiary/aromatic N) is 1. The van der Waals surface area contributed by atoms with Gasteiger partial charge in [-0.1, -0.05) is 41.6 Å². The number of aldehydes is 1. The van der Waals surface area contributed by atoms with Crippen LogP contribution in [0.1, 0.15) is 10.4 Å². The highest BCUT2D eigenvalue weighted by Crippen LogP contribution is 2.30. The summed E-state index contributed by atoms with van der Waals surface area (Å²) in [7, 11) is 0. The van der Waals surface area contributed by atoms with Gasteiger partial charge in [0.1, 0.15) is 5.52 Å². The van der Waals surface area contributed by atoms with E-state index in [1.165, 1.54) is 0 Å². The maximum atomic E-state index is 11.0. The van der Waals surface area contributed by atoms with Crippen LogP contribution in [0.3, 0.4) is 0 Å². The van der Waals surface area contributed by atoms with Crippen molar-refractivity contribution in [1.29, 1.82) is 0 Å². The third-order valence-corrected chi connectivity index (χ3v) is 2.72. The Labute approximate surface area is 97.7 Å². The van der Waals surface area contributed by atoms with Crippen molar-refractivity contribution in [2.75, 3.05) is 0 Å². The number of carbonyl (C=O) groups is 1. The summed E-state index contributed by atoms with van der Waals surface area (Å²) in [4.78, 5) is 11.0. The topological polar surface area (TPSA) is 43.1 Å². The summed E-state index contributed by atoms with van der Waals surface area (Å²) in [6.45, 7) is 0. The van der Waals surface area contributed by atoms with Crippen molar-refractivity contribution in [2.24, 2.45) is 0 Å². The zero-order valence-electron chi connectivity index (χ0n) is 8.96. The minimum atomic E-state index is 0.606. The Morgan fingerprint density at radius 2 is 1.76 bits per heavy atom. The number of carbonyl (C=O) groups excluding carboxylic acids is 1. The molecule has 0 aliphatic carbocycles. The van der Waals surface area contributed by atoms with Crippen LogP contribution in [0.4, 0.5) is 0 Å². The molecule has 3 aromatic rings. The molecule has 1 aromatic heterocycles. The average molecular weight is 223 g/mol. The van der Waals surface area contributed by atoms with Crippen molar-refractivity contribution >= 4 is 17.2 Å². The molecule has 0 aliphatic heterocycles. The number of rotatable bonds is 2. The Morgan fingerprint density at radius 1 is 1.00 bits per heavy atom. The zero-order valence-corrected chi connectivity index (χ0v) is 8.96. The molecule has 0 aliphatic rings. The highest BCUT2D eigenvalue weighted by Gasteiger charge is 2.12. The average Bonchev–Trinajstić information content (AvgIpc) is 2.82. The molecule has 0 fully saturated rings. The van der Waals surface area contributed by atoms with Gasteiger partial charge in [-0.3, -0.25) is 4.79 Å². The molecule has 1 heterocycles. The Balaban J connectivity index is 2.31. The van der Waals surface area contributed by atoms with E-state index in [1.54, 1.807) is 6.07 Å². The highest BCUT2D eigenvalue weighted by molar-refractivity contribution is 5.96. The van der Waals surface area contributed by atoms with Crippen LogP contribution in [0.25, 0.3) is 22.2 Å². The van der Waals surface area contributed by atoms with Gasteiger partial charge in [-0.05, 0) is 12.1 Å². The van der Waals surface area contributed by atoms with E-state index in [2.05, 4.69) is 5.16 Å². The van der Waals surface area contributed by atoms with Gasteiger partial charge < -0.3 is 4.52 Å². The van der Waals surface area contributed by atoms with Gasteiger partial charge >= 0.3 is 0 Å². The third-order valence-electron chi connectivity index (χ3n) is 2.72. The Kier molecular flexibility index (Phi) is 2.22. The normalized spacial score (nSPS) is 10.6. The van der Waals surface area contributed by atoms with Crippen molar-refractivity contribution in [3.05, 3.63) is 54.1 Å². The minimum Gasteiger partial charge on any atom is -0.355 e. The molecule has 0 saturated heterocycles. The molecule has 0 N–H and O–H groups in total. The van der Waals surface area contributed by atoms with E-state index in [1.807, 2.05) is 42.5 Å². The van der Waals surface area contributed by atoms with Crippen molar-refractivity contribution in [1.82, 2.24) is 5.16 Å². The first-order valence-electron chi connectivity index (χ1n) is 5.29. The molecule has 0 bridgehead atoms. The predicted molar refractivity (Wildman–Crippen MR) is 64.8 cm³/mol. The molecule has 3 nitrogen and oxygen atoms in total. The summed E-state index contributed by atoms with van der Waals surface area (Å²) in [6.07, 6.45) is 0.826. The second-order valence-corrected chi connectivity index (χ2v) is 3.73. The van der Waals surface area contributed by atoms with Crippen LogP contribution < -0.4 is 0 Å². The quantitative estimate of drug-likeness (QED) is 0.626. The van der Waals surface area contributed by atoms with E-state index < -0.39 is 0 Å². The minimum absolute atomic E-state index is 0.606. The molecule has 3 rings (SSSR count). The van der Waals surface area contributed by atoms with E-state index in [9.17, 15) is 4.79 Å². The van der Waals surface area contributed by atoms with Crippen LogP contribution in [0, 0.1) is 0 Å². The van der Waals surface area contributed by atoms with Gasteiger partial charge in [0, 0.05) is 16.5 Å². The third kappa shape index (κ3) is 1.52. The van der Waals surface area contributed by atoms with Gasteiger partial charge in [0.25, 0.3) is 0 Å². The number of benzene rings is 2. The van der Waals surface area contributed by atoms with Crippen LogP contribution in [-0.2, 0) is 0 Å². The number of hydrogen-bond donors (Lipinski definition) is 0. The molecule has 17 heavy (non-hydrogen) atoms. The molecule has 0 amide bonds. The fraction of sp³-hybridized carbons (Fsp3) is 0. The SMILES string of the molecule is O=Cc1ccccc1-c1onc2ccccc12. The van der Waals surface area contributed by atoms with Crippen molar-refractivity contribution in [2.45, 2.75) is 0 Å². The van der Waals surface area contributed by atoms with Gasteiger partial charge in [-0.2, -0.15) is 0 Å². The van der Waals surface area contributed by atoms with E-state index >= 15 is 0 Å². The van der Waals surface area contributed by atoms with Crippen LogP contribution in [0.15, 0.2) is 53.1 Å². The number of hydrogen-bond acceptors (Lipinski definition) is 3. The van der Waals surface area contributed by atoms with E-state index in [0.29, 0.717) is 11.3 Å². The molecule has 82 valence electrons. The Morgan fingerprint density at radius 3 is 2.65 bits per heavy atom. The largest absolute Gasteiger partial charge is 0.355 e. The summed E-state index contributed by atoms with van der Waals surface area (Å²) < 4.78 is 5.33. The van der Waals surface area contributed by atoms with Crippen LogP contribution >= 0.6 is 0 Å².